The van der Waals surface area contributed by atoms with Crippen LogP contribution in [-0.2, 0) is 11.3 Å². The molecule has 38 heavy (non-hydrogen) atoms. The fourth-order valence-corrected chi connectivity index (χ4v) is 5.97. The number of likely N-dealkylation sites (tertiary alicyclic amines) is 1. The summed E-state index contributed by atoms with van der Waals surface area (Å²) in [5.41, 5.74) is 12.5. The smallest absolute Gasteiger partial charge is 0.338 e. The number of aromatic nitrogens is 2. The second-order valence-corrected chi connectivity index (χ2v) is 11.5. The van der Waals surface area contributed by atoms with Crippen molar-refractivity contribution in [2.24, 2.45) is 29.2 Å². The van der Waals surface area contributed by atoms with Gasteiger partial charge < -0.3 is 21.3 Å². The van der Waals surface area contributed by atoms with Crippen molar-refractivity contribution < 1.29 is 9.59 Å². The molecule has 11 nitrogen and oxygen atoms in total. The zero-order valence-electron chi connectivity index (χ0n) is 22.3. The van der Waals surface area contributed by atoms with E-state index in [1.54, 1.807) is 35.9 Å². The second kappa shape index (κ2) is 10.1. The number of carbonyl (C=O) groups is 2. The maximum Gasteiger partial charge on any atom is 0.354 e. The molecule has 11 heteroatoms. The number of nitrogens with two attached hydrogens (primary N) is 2. The third kappa shape index (κ3) is 5.45. The van der Waals surface area contributed by atoms with Crippen molar-refractivity contribution in [1.82, 2.24) is 24.3 Å². The lowest BCUT2D eigenvalue weighted by Crippen LogP contribution is -2.58. The molecule has 0 spiro atoms. The van der Waals surface area contributed by atoms with Crippen LogP contribution in [0.3, 0.4) is 0 Å². The lowest BCUT2D eigenvalue weighted by molar-refractivity contribution is -0.137. The van der Waals surface area contributed by atoms with Gasteiger partial charge in [0, 0.05) is 58.1 Å². The first kappa shape index (κ1) is 26.3. The van der Waals surface area contributed by atoms with Gasteiger partial charge in [0.05, 0.1) is 11.2 Å². The first-order chi connectivity index (χ1) is 18.0. The van der Waals surface area contributed by atoms with Crippen LogP contribution in [0.1, 0.15) is 26.3 Å². The number of urea groups is 1. The van der Waals surface area contributed by atoms with Crippen molar-refractivity contribution >= 4 is 17.8 Å². The van der Waals surface area contributed by atoms with Crippen LogP contribution in [-0.4, -0.2) is 87.0 Å². The molecule has 1 saturated carbocycles. The number of nitrogens with one attached hydrogen (secondary N) is 1. The summed E-state index contributed by atoms with van der Waals surface area (Å²) >= 11 is 0. The van der Waals surface area contributed by atoms with Crippen molar-refractivity contribution in [3.05, 3.63) is 52.6 Å². The normalized spacial score (nSPS) is 24.2. The fraction of sp³-hybridized carbons (Fsp3) is 0.556. The Morgan fingerprint density at radius 3 is 2.21 bits per heavy atom. The van der Waals surface area contributed by atoms with Gasteiger partial charge in [-0.25, -0.2) is 9.59 Å². The van der Waals surface area contributed by atoms with E-state index in [-0.39, 0.29) is 23.8 Å². The number of piperidine rings is 1. The molecule has 2 aromatic rings. The molecule has 1 unspecified atom stereocenters. The standard InChI is InChI=1S/C27H38N8O3/c1-17(28)23-20-15-32(16-21(20)23)14-18-4-6-19(7-5-18)35-9-8-22(31-26(35)38)30-25(37)34-12-10-33(11-13-34)24(36)27(2,3)29/h4-9,17,20-21,23H,10-16,28-29H2,1-3H3,(H,30,31,37,38)/t17?,20-,21+,23+. The third-order valence-corrected chi connectivity index (χ3v) is 8.01. The van der Waals surface area contributed by atoms with Crippen molar-refractivity contribution in [2.45, 2.75) is 38.9 Å². The average molecular weight is 523 g/mol. The highest BCUT2D eigenvalue weighted by molar-refractivity contribution is 5.89. The van der Waals surface area contributed by atoms with Crippen molar-refractivity contribution in [1.29, 1.82) is 0 Å². The van der Waals surface area contributed by atoms with E-state index in [0.29, 0.717) is 37.8 Å². The van der Waals surface area contributed by atoms with E-state index in [4.69, 9.17) is 11.5 Å². The Hall–Kier alpha value is -3.28. The summed E-state index contributed by atoms with van der Waals surface area (Å²) in [6, 6.07) is 9.46. The molecular weight excluding hydrogens is 484 g/mol. The van der Waals surface area contributed by atoms with E-state index in [2.05, 4.69) is 22.1 Å². The van der Waals surface area contributed by atoms with E-state index in [1.807, 2.05) is 24.3 Å². The minimum absolute atomic E-state index is 0.140. The first-order valence-corrected chi connectivity index (χ1v) is 13.3. The number of hydrogen-bond donors (Lipinski definition) is 3. The molecule has 0 bridgehead atoms. The number of fused-ring (bicyclic) bond motifs is 1. The molecule has 204 valence electrons. The van der Waals surface area contributed by atoms with Gasteiger partial charge in [-0.05, 0) is 62.3 Å². The number of amides is 3. The third-order valence-electron chi connectivity index (χ3n) is 8.01. The highest BCUT2D eigenvalue weighted by atomic mass is 16.2. The topological polar surface area (TPSA) is 143 Å². The van der Waals surface area contributed by atoms with Crippen molar-refractivity contribution in [2.75, 3.05) is 44.6 Å². The summed E-state index contributed by atoms with van der Waals surface area (Å²) < 4.78 is 1.46. The Morgan fingerprint density at radius 1 is 1.05 bits per heavy atom. The van der Waals surface area contributed by atoms with Gasteiger partial charge in [-0.2, -0.15) is 4.98 Å². The van der Waals surface area contributed by atoms with Crippen LogP contribution in [0, 0.1) is 17.8 Å². The Balaban J connectivity index is 1.14. The molecule has 3 aliphatic rings. The largest absolute Gasteiger partial charge is 0.354 e. The van der Waals surface area contributed by atoms with Crippen LogP contribution in [0.25, 0.3) is 5.69 Å². The Bertz CT molecular complexity index is 1230. The zero-order valence-corrected chi connectivity index (χ0v) is 22.3. The van der Waals surface area contributed by atoms with Crippen molar-refractivity contribution in [3.8, 4) is 5.69 Å². The number of rotatable bonds is 6. The van der Waals surface area contributed by atoms with Gasteiger partial charge in [0.1, 0.15) is 5.82 Å². The van der Waals surface area contributed by atoms with Crippen LogP contribution < -0.4 is 22.5 Å². The summed E-state index contributed by atoms with van der Waals surface area (Å²) in [6.07, 6.45) is 1.61. The maximum atomic E-state index is 12.7. The Kier molecular flexibility index (Phi) is 7.01. The molecule has 2 aliphatic heterocycles. The lowest BCUT2D eigenvalue weighted by Gasteiger charge is -2.37. The molecule has 4 atom stereocenters. The predicted molar refractivity (Wildman–Crippen MR) is 145 cm³/mol. The summed E-state index contributed by atoms with van der Waals surface area (Å²) in [6.45, 7) is 10.1. The lowest BCUT2D eigenvalue weighted by atomic mass is 10.1. The SMILES string of the molecule is CC(N)[C@H]1[C@@H]2CN(Cc3ccc(-n4ccc(NC(=O)N5CCN(C(=O)C(C)(C)N)CC5)nc4=O)cc3)C[C@@H]21. The number of nitrogens with zero attached hydrogens (tertiary/aromatic N) is 5. The highest BCUT2D eigenvalue weighted by Gasteiger charge is 2.56. The molecular formula is C27H38N8O3. The number of carbonyl (C=O) groups excluding carboxylic acids is 2. The molecule has 3 amide bonds. The van der Waals surface area contributed by atoms with Gasteiger partial charge in [-0.15, -0.1) is 0 Å². The average Bonchev–Trinajstić information content (AvgIpc) is 3.40. The highest BCUT2D eigenvalue weighted by Crippen LogP contribution is 2.53. The number of piperazine rings is 1. The minimum Gasteiger partial charge on any atom is -0.338 e. The molecule has 5 rings (SSSR count). The van der Waals surface area contributed by atoms with Crippen LogP contribution in [0.2, 0.25) is 0 Å². The molecule has 0 radical (unpaired) electrons. The Morgan fingerprint density at radius 2 is 1.66 bits per heavy atom. The molecule has 1 aromatic carbocycles. The predicted octanol–water partition coefficient (Wildman–Crippen LogP) is 0.671. The Labute approximate surface area is 222 Å². The van der Waals surface area contributed by atoms with Crippen LogP contribution in [0.15, 0.2) is 41.3 Å². The van der Waals surface area contributed by atoms with Crippen LogP contribution in [0.5, 0.6) is 0 Å². The van der Waals surface area contributed by atoms with E-state index >= 15 is 0 Å². The van der Waals surface area contributed by atoms with E-state index in [9.17, 15) is 14.4 Å². The quantitative estimate of drug-likeness (QED) is 0.506. The van der Waals surface area contributed by atoms with Gasteiger partial charge in [0.15, 0.2) is 0 Å². The second-order valence-electron chi connectivity index (χ2n) is 11.5. The minimum atomic E-state index is -0.944. The van der Waals surface area contributed by atoms with Crippen molar-refractivity contribution in [3.63, 3.8) is 0 Å². The maximum absolute atomic E-state index is 12.7. The van der Waals surface area contributed by atoms with E-state index < -0.39 is 11.2 Å². The fourth-order valence-electron chi connectivity index (χ4n) is 5.97. The van der Waals surface area contributed by atoms with Gasteiger partial charge >= 0.3 is 11.7 Å². The van der Waals surface area contributed by atoms with Crippen LogP contribution in [0.4, 0.5) is 10.6 Å². The summed E-state index contributed by atoms with van der Waals surface area (Å²) in [5.74, 6) is 2.22. The number of benzene rings is 1. The van der Waals surface area contributed by atoms with E-state index in [0.717, 1.165) is 31.5 Å². The number of anilines is 1. The molecule has 3 fully saturated rings. The van der Waals surface area contributed by atoms with Gasteiger partial charge in [0.25, 0.3) is 0 Å². The van der Waals surface area contributed by atoms with E-state index in [1.165, 1.54) is 10.1 Å². The summed E-state index contributed by atoms with van der Waals surface area (Å²) in [7, 11) is 0. The molecule has 5 N–H and O–H groups in total. The molecule has 1 aliphatic carbocycles. The molecule has 1 aromatic heterocycles. The zero-order chi connectivity index (χ0) is 27.2. The van der Waals surface area contributed by atoms with Gasteiger partial charge in [0.2, 0.25) is 5.91 Å². The summed E-state index contributed by atoms with van der Waals surface area (Å²) in [4.78, 5) is 47.5. The number of hydrogen-bond acceptors (Lipinski definition) is 7. The first-order valence-electron chi connectivity index (χ1n) is 13.3. The molecule has 3 heterocycles. The van der Waals surface area contributed by atoms with Crippen LogP contribution >= 0.6 is 0 Å². The molecule has 2 saturated heterocycles. The summed E-state index contributed by atoms with van der Waals surface area (Å²) in [5, 5.41) is 2.69. The monoisotopic (exact) mass is 522 g/mol. The van der Waals surface area contributed by atoms with Gasteiger partial charge in [-0.3, -0.25) is 19.6 Å². The van der Waals surface area contributed by atoms with Gasteiger partial charge in [-0.1, -0.05) is 12.1 Å².